The average Bonchev–Trinajstić information content (AvgIpc) is 2.52. The van der Waals surface area contributed by atoms with Gasteiger partial charge < -0.3 is 5.11 Å². The summed E-state index contributed by atoms with van der Waals surface area (Å²) in [4.78, 5) is 0. The van der Waals surface area contributed by atoms with Crippen LogP contribution in [-0.2, 0) is 10.1 Å². The Morgan fingerprint density at radius 1 is 0.708 bits per heavy atom. The lowest BCUT2D eigenvalue weighted by Gasteiger charge is -2.11. The van der Waals surface area contributed by atoms with Crippen LogP contribution in [0.4, 0.5) is 0 Å². The summed E-state index contributed by atoms with van der Waals surface area (Å²) in [5.74, 6) is 0. The van der Waals surface area contributed by atoms with E-state index >= 15 is 0 Å². The SMILES string of the molecule is CCCCC(O)CCCCCCCCCCCC(CC)S(=O)(=O)O. The van der Waals surface area contributed by atoms with Crippen molar-refractivity contribution in [1.82, 2.24) is 0 Å². The van der Waals surface area contributed by atoms with Gasteiger partial charge in [-0.3, -0.25) is 4.55 Å². The summed E-state index contributed by atoms with van der Waals surface area (Å²) in [5, 5.41) is 9.18. The number of unbranched alkanes of at least 4 members (excludes halogenated alkanes) is 9. The van der Waals surface area contributed by atoms with E-state index in [-0.39, 0.29) is 6.10 Å². The molecular formula is C19H40O4S. The van der Waals surface area contributed by atoms with Crippen molar-refractivity contribution in [2.75, 3.05) is 0 Å². The fraction of sp³-hybridized carbons (Fsp3) is 1.00. The summed E-state index contributed by atoms with van der Waals surface area (Å²) in [6.07, 6.45) is 15.6. The molecule has 146 valence electrons. The van der Waals surface area contributed by atoms with E-state index < -0.39 is 15.4 Å². The predicted molar refractivity (Wildman–Crippen MR) is 102 cm³/mol. The molecule has 0 aromatic heterocycles. The first-order chi connectivity index (χ1) is 11.4. The van der Waals surface area contributed by atoms with Gasteiger partial charge in [0.2, 0.25) is 0 Å². The van der Waals surface area contributed by atoms with Crippen LogP contribution >= 0.6 is 0 Å². The van der Waals surface area contributed by atoms with E-state index in [0.29, 0.717) is 12.8 Å². The minimum Gasteiger partial charge on any atom is -0.393 e. The average molecular weight is 365 g/mol. The van der Waals surface area contributed by atoms with E-state index in [2.05, 4.69) is 6.92 Å². The minimum atomic E-state index is -3.85. The Labute approximate surface area is 150 Å². The molecule has 5 heteroatoms. The van der Waals surface area contributed by atoms with E-state index in [1.165, 1.54) is 32.1 Å². The smallest absolute Gasteiger partial charge is 0.267 e. The molecule has 0 aliphatic carbocycles. The normalized spacial score (nSPS) is 14.7. The first kappa shape index (κ1) is 23.9. The molecule has 2 atom stereocenters. The zero-order chi connectivity index (χ0) is 18.3. The highest BCUT2D eigenvalue weighted by Gasteiger charge is 2.19. The quantitative estimate of drug-likeness (QED) is 0.264. The Kier molecular flexibility index (Phi) is 15.1. The zero-order valence-electron chi connectivity index (χ0n) is 15.9. The van der Waals surface area contributed by atoms with Crippen LogP contribution < -0.4 is 0 Å². The lowest BCUT2D eigenvalue weighted by Crippen LogP contribution is -2.19. The molecule has 0 fully saturated rings. The monoisotopic (exact) mass is 364 g/mol. The third kappa shape index (κ3) is 14.2. The van der Waals surface area contributed by atoms with E-state index in [0.717, 1.165) is 51.4 Å². The maximum atomic E-state index is 11.1. The highest BCUT2D eigenvalue weighted by atomic mass is 32.2. The highest BCUT2D eigenvalue weighted by Crippen LogP contribution is 2.16. The minimum absolute atomic E-state index is 0.0976. The van der Waals surface area contributed by atoms with Crippen molar-refractivity contribution in [3.05, 3.63) is 0 Å². The van der Waals surface area contributed by atoms with Crippen LogP contribution in [0.25, 0.3) is 0 Å². The molecule has 0 spiro atoms. The molecule has 0 aliphatic heterocycles. The second-order valence-electron chi connectivity index (χ2n) is 7.10. The van der Waals surface area contributed by atoms with Crippen LogP contribution in [0.5, 0.6) is 0 Å². The fourth-order valence-corrected chi connectivity index (χ4v) is 4.02. The van der Waals surface area contributed by atoms with Crippen molar-refractivity contribution in [2.24, 2.45) is 0 Å². The molecule has 0 radical (unpaired) electrons. The Morgan fingerprint density at radius 3 is 1.54 bits per heavy atom. The van der Waals surface area contributed by atoms with E-state index in [4.69, 9.17) is 4.55 Å². The van der Waals surface area contributed by atoms with Gasteiger partial charge in [-0.25, -0.2) is 0 Å². The van der Waals surface area contributed by atoms with Crippen LogP contribution in [0.1, 0.15) is 110 Å². The van der Waals surface area contributed by atoms with E-state index in [9.17, 15) is 13.5 Å². The van der Waals surface area contributed by atoms with Crippen molar-refractivity contribution < 1.29 is 18.1 Å². The lowest BCUT2D eigenvalue weighted by atomic mass is 10.0. The number of aliphatic hydroxyl groups is 1. The van der Waals surface area contributed by atoms with Gasteiger partial charge in [0, 0.05) is 0 Å². The molecule has 0 saturated heterocycles. The molecule has 0 saturated carbocycles. The summed E-state index contributed by atoms with van der Waals surface area (Å²) in [6.45, 7) is 3.96. The van der Waals surface area contributed by atoms with Gasteiger partial charge in [-0.05, 0) is 25.7 Å². The van der Waals surface area contributed by atoms with Crippen molar-refractivity contribution in [1.29, 1.82) is 0 Å². The third-order valence-electron chi connectivity index (χ3n) is 4.83. The molecule has 0 aliphatic rings. The van der Waals surface area contributed by atoms with Gasteiger partial charge in [0.05, 0.1) is 11.4 Å². The molecule has 2 N–H and O–H groups in total. The standard InChI is InChI=1S/C19H40O4S/c1-3-5-15-18(20)16-13-11-9-7-6-8-10-12-14-17-19(4-2)24(21,22)23/h18-20H,3-17H2,1-2H3,(H,21,22,23). The molecule has 0 aromatic rings. The summed E-state index contributed by atoms with van der Waals surface area (Å²) in [5.41, 5.74) is 0. The molecule has 0 aromatic carbocycles. The fourth-order valence-electron chi connectivity index (χ4n) is 3.14. The molecule has 4 nitrogen and oxygen atoms in total. The summed E-state index contributed by atoms with van der Waals surface area (Å²) >= 11 is 0. The van der Waals surface area contributed by atoms with Crippen LogP contribution in [0.2, 0.25) is 0 Å². The second kappa shape index (κ2) is 15.2. The van der Waals surface area contributed by atoms with Crippen LogP contribution in [0.15, 0.2) is 0 Å². The Hall–Kier alpha value is -0.130. The highest BCUT2D eigenvalue weighted by molar-refractivity contribution is 7.86. The molecular weight excluding hydrogens is 324 g/mol. The van der Waals surface area contributed by atoms with Gasteiger partial charge in [0.25, 0.3) is 10.1 Å². The van der Waals surface area contributed by atoms with Crippen molar-refractivity contribution in [2.45, 2.75) is 122 Å². The predicted octanol–water partition coefficient (Wildman–Crippen LogP) is 5.50. The van der Waals surface area contributed by atoms with Crippen LogP contribution in [0, 0.1) is 0 Å². The number of aliphatic hydroxyl groups excluding tert-OH is 1. The first-order valence-corrected chi connectivity index (χ1v) is 11.6. The molecule has 2 unspecified atom stereocenters. The van der Waals surface area contributed by atoms with E-state index in [1.54, 1.807) is 6.92 Å². The van der Waals surface area contributed by atoms with E-state index in [1.807, 2.05) is 0 Å². The first-order valence-electron chi connectivity index (χ1n) is 10.1. The zero-order valence-corrected chi connectivity index (χ0v) is 16.7. The Bertz CT molecular complexity index is 368. The molecule has 0 heterocycles. The number of hydrogen-bond acceptors (Lipinski definition) is 3. The Balaban J connectivity index is 3.34. The summed E-state index contributed by atoms with van der Waals surface area (Å²) < 4.78 is 31.2. The van der Waals surface area contributed by atoms with Gasteiger partial charge in [0.15, 0.2) is 0 Å². The maximum absolute atomic E-state index is 11.1. The van der Waals surface area contributed by atoms with Crippen LogP contribution in [-0.4, -0.2) is 29.4 Å². The number of rotatable bonds is 17. The van der Waals surface area contributed by atoms with Crippen LogP contribution in [0.3, 0.4) is 0 Å². The summed E-state index contributed by atoms with van der Waals surface area (Å²) in [6, 6.07) is 0. The van der Waals surface area contributed by atoms with Gasteiger partial charge in [-0.1, -0.05) is 84.5 Å². The topological polar surface area (TPSA) is 74.6 Å². The molecule has 0 amide bonds. The number of hydrogen-bond donors (Lipinski definition) is 2. The largest absolute Gasteiger partial charge is 0.393 e. The molecule has 0 rings (SSSR count). The van der Waals surface area contributed by atoms with Crippen molar-refractivity contribution in [3.8, 4) is 0 Å². The van der Waals surface area contributed by atoms with Gasteiger partial charge >= 0.3 is 0 Å². The summed E-state index contributed by atoms with van der Waals surface area (Å²) in [7, 11) is -3.85. The molecule has 24 heavy (non-hydrogen) atoms. The van der Waals surface area contributed by atoms with Gasteiger partial charge in [-0.15, -0.1) is 0 Å². The molecule has 0 bridgehead atoms. The van der Waals surface area contributed by atoms with Gasteiger partial charge in [-0.2, -0.15) is 8.42 Å². The Morgan fingerprint density at radius 2 is 1.12 bits per heavy atom. The lowest BCUT2D eigenvalue weighted by molar-refractivity contribution is 0.148. The van der Waals surface area contributed by atoms with Crippen molar-refractivity contribution >= 4 is 10.1 Å². The second-order valence-corrected chi connectivity index (χ2v) is 8.80. The van der Waals surface area contributed by atoms with Gasteiger partial charge in [0.1, 0.15) is 0 Å². The van der Waals surface area contributed by atoms with Crippen molar-refractivity contribution in [3.63, 3.8) is 0 Å². The maximum Gasteiger partial charge on any atom is 0.267 e. The third-order valence-corrected chi connectivity index (χ3v) is 6.24.